The third-order valence-electron chi connectivity index (χ3n) is 4.03. The van der Waals surface area contributed by atoms with Crippen molar-refractivity contribution in [1.82, 2.24) is 5.32 Å². The third kappa shape index (κ3) is 6.50. The fourth-order valence-electron chi connectivity index (χ4n) is 2.79. The van der Waals surface area contributed by atoms with E-state index in [2.05, 4.69) is 5.32 Å². The van der Waals surface area contributed by atoms with Crippen LogP contribution in [0.15, 0.2) is 18.2 Å². The van der Waals surface area contributed by atoms with Crippen molar-refractivity contribution in [3.05, 3.63) is 34.9 Å². The summed E-state index contributed by atoms with van der Waals surface area (Å²) >= 11 is 0. The maximum absolute atomic E-state index is 12.2. The van der Waals surface area contributed by atoms with Gasteiger partial charge in [-0.05, 0) is 63.6 Å². The first kappa shape index (κ1) is 19.9. The highest BCUT2D eigenvalue weighted by Gasteiger charge is 2.17. The molecule has 0 radical (unpaired) electrons. The lowest BCUT2D eigenvalue weighted by Gasteiger charge is -2.19. The summed E-state index contributed by atoms with van der Waals surface area (Å²) in [5, 5.41) is 2.48. The van der Waals surface area contributed by atoms with Gasteiger partial charge in [0, 0.05) is 12.1 Å². The van der Waals surface area contributed by atoms with Crippen LogP contribution < -0.4 is 5.32 Å². The zero-order valence-electron chi connectivity index (χ0n) is 15.7. The highest BCUT2D eigenvalue weighted by atomic mass is 16.6. The van der Waals surface area contributed by atoms with E-state index in [4.69, 9.17) is 9.47 Å². The van der Waals surface area contributed by atoms with E-state index in [1.165, 1.54) is 17.5 Å². The minimum atomic E-state index is -0.591. The average molecular weight is 361 g/mol. The van der Waals surface area contributed by atoms with Crippen LogP contribution in [0.3, 0.4) is 0 Å². The van der Waals surface area contributed by atoms with Crippen LogP contribution in [0.1, 0.15) is 61.5 Å². The quantitative estimate of drug-likeness (QED) is 0.621. The Balaban J connectivity index is 1.72. The highest BCUT2D eigenvalue weighted by molar-refractivity contribution is 5.98. The maximum Gasteiger partial charge on any atom is 0.407 e. The molecule has 0 spiro atoms. The number of nitrogens with one attached hydrogen (secondary N) is 1. The second-order valence-electron chi connectivity index (χ2n) is 7.45. The Morgan fingerprint density at radius 3 is 2.46 bits per heavy atom. The molecular weight excluding hydrogens is 334 g/mol. The number of carbonyl (C=O) groups is 3. The van der Waals surface area contributed by atoms with Gasteiger partial charge in [-0.2, -0.15) is 0 Å². The molecule has 0 saturated heterocycles. The molecule has 0 heterocycles. The number of benzene rings is 1. The molecule has 0 aliphatic heterocycles. The molecule has 0 bridgehead atoms. The fourth-order valence-corrected chi connectivity index (χ4v) is 2.79. The summed E-state index contributed by atoms with van der Waals surface area (Å²) in [6.07, 6.45) is 3.78. The van der Waals surface area contributed by atoms with Gasteiger partial charge in [0.25, 0.3) is 0 Å². The Kier molecular flexibility index (Phi) is 6.77. The van der Waals surface area contributed by atoms with Gasteiger partial charge < -0.3 is 14.8 Å². The first-order valence-electron chi connectivity index (χ1n) is 9.02. The van der Waals surface area contributed by atoms with Crippen molar-refractivity contribution in [1.29, 1.82) is 0 Å². The zero-order chi connectivity index (χ0) is 19.2. The Labute approximate surface area is 154 Å². The largest absolute Gasteiger partial charge is 0.457 e. The smallest absolute Gasteiger partial charge is 0.407 e. The zero-order valence-corrected chi connectivity index (χ0v) is 15.7. The number of Topliss-reactive ketones (excluding diaryl/α,β-unsaturated/α-hetero) is 1. The lowest BCUT2D eigenvalue weighted by Crippen LogP contribution is -2.33. The normalized spacial score (nSPS) is 13.5. The molecule has 1 amide bonds. The first-order valence-corrected chi connectivity index (χ1v) is 9.02. The summed E-state index contributed by atoms with van der Waals surface area (Å²) in [5.74, 6) is -0.751. The number of rotatable bonds is 6. The van der Waals surface area contributed by atoms with Crippen molar-refractivity contribution < 1.29 is 23.9 Å². The van der Waals surface area contributed by atoms with Crippen molar-refractivity contribution in [3.63, 3.8) is 0 Å². The van der Waals surface area contributed by atoms with Crippen LogP contribution in [-0.4, -0.2) is 36.6 Å². The van der Waals surface area contributed by atoms with Gasteiger partial charge in [0.15, 0.2) is 12.4 Å². The molecule has 1 aromatic carbocycles. The van der Waals surface area contributed by atoms with E-state index in [0.717, 1.165) is 19.3 Å². The Hall–Kier alpha value is -2.37. The molecule has 0 atom stereocenters. The summed E-state index contributed by atoms with van der Waals surface area (Å²) in [6.45, 7) is 5.08. The topological polar surface area (TPSA) is 81.7 Å². The van der Waals surface area contributed by atoms with Gasteiger partial charge in [-0.1, -0.05) is 12.1 Å². The molecule has 0 aromatic heterocycles. The van der Waals surface area contributed by atoms with Gasteiger partial charge >= 0.3 is 12.1 Å². The predicted molar refractivity (Wildman–Crippen MR) is 97.2 cm³/mol. The molecule has 142 valence electrons. The van der Waals surface area contributed by atoms with E-state index < -0.39 is 17.7 Å². The van der Waals surface area contributed by atoms with Gasteiger partial charge in [-0.15, -0.1) is 0 Å². The van der Waals surface area contributed by atoms with Gasteiger partial charge in [0.2, 0.25) is 0 Å². The highest BCUT2D eigenvalue weighted by Crippen LogP contribution is 2.22. The van der Waals surface area contributed by atoms with Crippen LogP contribution in [0, 0.1) is 0 Å². The van der Waals surface area contributed by atoms with Gasteiger partial charge in [0.1, 0.15) is 5.60 Å². The third-order valence-corrected chi connectivity index (χ3v) is 4.03. The van der Waals surface area contributed by atoms with E-state index in [0.29, 0.717) is 5.56 Å². The molecule has 26 heavy (non-hydrogen) atoms. The summed E-state index contributed by atoms with van der Waals surface area (Å²) in [6, 6.07) is 5.70. The molecule has 1 aromatic rings. The molecule has 0 saturated carbocycles. The molecule has 1 aliphatic carbocycles. The molecule has 0 unspecified atom stereocenters. The van der Waals surface area contributed by atoms with Crippen LogP contribution in [0.4, 0.5) is 4.79 Å². The van der Waals surface area contributed by atoms with Gasteiger partial charge in [0.05, 0.1) is 6.42 Å². The second-order valence-corrected chi connectivity index (χ2v) is 7.45. The van der Waals surface area contributed by atoms with Gasteiger partial charge in [-0.3, -0.25) is 9.59 Å². The summed E-state index contributed by atoms with van der Waals surface area (Å²) in [4.78, 5) is 35.4. The number of aryl methyl sites for hydroxylation is 2. The van der Waals surface area contributed by atoms with Crippen molar-refractivity contribution in [2.75, 3.05) is 13.2 Å². The van der Waals surface area contributed by atoms with E-state index in [9.17, 15) is 14.4 Å². The van der Waals surface area contributed by atoms with E-state index in [-0.39, 0.29) is 25.4 Å². The molecule has 6 heteroatoms. The number of esters is 1. The van der Waals surface area contributed by atoms with E-state index >= 15 is 0 Å². The minimum absolute atomic E-state index is 0.0172. The summed E-state index contributed by atoms with van der Waals surface area (Å²) in [7, 11) is 0. The lowest BCUT2D eigenvalue weighted by molar-refractivity contribution is -0.142. The fraction of sp³-hybridized carbons (Fsp3) is 0.550. The number of ether oxygens (including phenoxy) is 2. The van der Waals surface area contributed by atoms with Crippen LogP contribution in [-0.2, 0) is 27.1 Å². The van der Waals surface area contributed by atoms with Crippen LogP contribution >= 0.6 is 0 Å². The van der Waals surface area contributed by atoms with Crippen LogP contribution in [0.5, 0.6) is 0 Å². The second kappa shape index (κ2) is 8.83. The van der Waals surface area contributed by atoms with Crippen LogP contribution in [0.2, 0.25) is 0 Å². The Bertz CT molecular complexity index is 675. The predicted octanol–water partition coefficient (Wildman–Crippen LogP) is 3.21. The lowest BCUT2D eigenvalue weighted by atomic mass is 9.90. The number of carbonyl (C=O) groups excluding carboxylic acids is 3. The standard InChI is InChI=1S/C20H27NO5/c1-20(2,3)26-19(24)21-11-10-18(23)25-13-17(22)16-9-8-14-6-4-5-7-15(14)12-16/h8-9,12H,4-7,10-11,13H2,1-3H3,(H,21,24). The van der Waals surface area contributed by atoms with Crippen molar-refractivity contribution >= 4 is 17.8 Å². The summed E-state index contributed by atoms with van der Waals surface area (Å²) < 4.78 is 10.1. The van der Waals surface area contributed by atoms with E-state index in [1.54, 1.807) is 26.8 Å². The molecule has 1 aliphatic rings. The molecule has 2 rings (SSSR count). The Morgan fingerprint density at radius 1 is 1.08 bits per heavy atom. The maximum atomic E-state index is 12.2. The number of hydrogen-bond donors (Lipinski definition) is 1. The molecular formula is C20H27NO5. The Morgan fingerprint density at radius 2 is 1.77 bits per heavy atom. The number of alkyl carbamates (subject to hydrolysis) is 1. The van der Waals surface area contributed by atoms with Crippen LogP contribution in [0.25, 0.3) is 0 Å². The van der Waals surface area contributed by atoms with Crippen molar-refractivity contribution in [2.24, 2.45) is 0 Å². The number of ketones is 1. The average Bonchev–Trinajstić information content (AvgIpc) is 2.57. The molecule has 0 fully saturated rings. The van der Waals surface area contributed by atoms with Crippen molar-refractivity contribution in [3.8, 4) is 0 Å². The number of hydrogen-bond acceptors (Lipinski definition) is 5. The minimum Gasteiger partial charge on any atom is -0.457 e. The van der Waals surface area contributed by atoms with Crippen molar-refractivity contribution in [2.45, 2.75) is 58.5 Å². The number of amides is 1. The monoisotopic (exact) mass is 361 g/mol. The number of fused-ring (bicyclic) bond motifs is 1. The first-order chi connectivity index (χ1) is 12.2. The molecule has 1 N–H and O–H groups in total. The SMILES string of the molecule is CC(C)(C)OC(=O)NCCC(=O)OCC(=O)c1ccc2c(c1)CCCC2. The summed E-state index contributed by atoms with van der Waals surface area (Å²) in [5.41, 5.74) is 2.50. The molecule has 6 nitrogen and oxygen atoms in total. The van der Waals surface area contributed by atoms with Gasteiger partial charge in [-0.25, -0.2) is 4.79 Å². The van der Waals surface area contributed by atoms with E-state index in [1.807, 2.05) is 12.1 Å².